The number of halogens is 2. The fourth-order valence-corrected chi connectivity index (χ4v) is 4.45. The minimum atomic E-state index is -0.708. The summed E-state index contributed by atoms with van der Waals surface area (Å²) in [6.07, 6.45) is 2.00. The highest BCUT2D eigenvalue weighted by molar-refractivity contribution is 6.31. The number of carbonyl (C=O) groups excluding carboxylic acids is 1. The Labute approximate surface area is 205 Å². The number of aromatic nitrogens is 3. The number of carbonyl (C=O) groups is 1. The van der Waals surface area contributed by atoms with Crippen molar-refractivity contribution in [1.82, 2.24) is 14.8 Å². The molecule has 3 N–H and O–H groups in total. The Morgan fingerprint density at radius 1 is 1.29 bits per heavy atom. The van der Waals surface area contributed by atoms with Crippen LogP contribution in [0.15, 0.2) is 48.5 Å². The van der Waals surface area contributed by atoms with Gasteiger partial charge in [-0.1, -0.05) is 36.7 Å². The molecule has 4 aromatic rings. The molecule has 1 unspecified atom stereocenters. The largest absolute Gasteiger partial charge is 0.364 e. The van der Waals surface area contributed by atoms with Crippen LogP contribution in [0.2, 0.25) is 5.02 Å². The lowest BCUT2D eigenvalue weighted by Crippen LogP contribution is -2.15. The summed E-state index contributed by atoms with van der Waals surface area (Å²) in [7, 11) is 0. The number of primary amides is 1. The Morgan fingerprint density at radius 2 is 2.03 bits per heavy atom. The van der Waals surface area contributed by atoms with E-state index in [0.717, 1.165) is 28.3 Å². The molecule has 174 valence electrons. The van der Waals surface area contributed by atoms with Crippen molar-refractivity contribution in [3.63, 3.8) is 0 Å². The van der Waals surface area contributed by atoms with E-state index >= 15 is 0 Å². The van der Waals surface area contributed by atoms with Crippen LogP contribution in [-0.4, -0.2) is 20.7 Å². The lowest BCUT2D eigenvalue weighted by atomic mass is 9.95. The molecule has 0 aliphatic carbocycles. The van der Waals surface area contributed by atoms with Crippen molar-refractivity contribution in [3.05, 3.63) is 93.2 Å². The molecule has 0 fully saturated rings. The summed E-state index contributed by atoms with van der Waals surface area (Å²) in [5, 5.41) is 17.8. The smallest absolute Gasteiger partial charge is 0.267 e. The van der Waals surface area contributed by atoms with Crippen molar-refractivity contribution in [2.75, 3.05) is 5.32 Å². The van der Waals surface area contributed by atoms with Crippen LogP contribution in [0.1, 0.15) is 51.4 Å². The average molecular weight is 487 g/mol. The van der Waals surface area contributed by atoms with Gasteiger partial charge in [-0.2, -0.15) is 10.4 Å². The number of amides is 1. The fraction of sp³-hybridized carbons (Fsp3) is 0.154. The maximum Gasteiger partial charge on any atom is 0.267 e. The van der Waals surface area contributed by atoms with Crippen LogP contribution in [0.25, 0.3) is 16.6 Å². The molecule has 7 nitrogen and oxygen atoms in total. The third-order valence-corrected chi connectivity index (χ3v) is 6.44. The van der Waals surface area contributed by atoms with Gasteiger partial charge in [0, 0.05) is 28.6 Å². The molecule has 0 radical (unpaired) electrons. The fourth-order valence-electron chi connectivity index (χ4n) is 4.29. The normalized spacial score (nSPS) is 14.7. The number of nitriles is 1. The van der Waals surface area contributed by atoms with Crippen molar-refractivity contribution in [1.29, 1.82) is 5.26 Å². The summed E-state index contributed by atoms with van der Waals surface area (Å²) in [5.41, 5.74) is 11.5. The van der Waals surface area contributed by atoms with Crippen molar-refractivity contribution in [3.8, 4) is 6.07 Å². The van der Waals surface area contributed by atoms with E-state index in [4.69, 9.17) is 27.7 Å². The van der Waals surface area contributed by atoms with Crippen molar-refractivity contribution in [2.45, 2.75) is 26.3 Å². The third kappa shape index (κ3) is 4.00. The lowest BCUT2D eigenvalue weighted by Gasteiger charge is -2.22. The summed E-state index contributed by atoms with van der Waals surface area (Å²) in [5.74, 6) is -1.38. The first-order valence-electron chi connectivity index (χ1n) is 10.9. The molecule has 0 saturated heterocycles. The molecule has 5 rings (SSSR count). The molecule has 0 saturated carbocycles. The number of allylic oxidation sites excluding steroid dienone is 1. The maximum absolute atomic E-state index is 14.1. The monoisotopic (exact) mass is 486 g/mol. The number of benzene rings is 2. The van der Waals surface area contributed by atoms with Crippen molar-refractivity contribution >= 4 is 39.8 Å². The second-order valence-corrected chi connectivity index (χ2v) is 8.92. The molecule has 35 heavy (non-hydrogen) atoms. The number of hydrogen-bond acceptors (Lipinski definition) is 5. The molecular formula is C26H20ClFN6O. The van der Waals surface area contributed by atoms with Gasteiger partial charge in [0.15, 0.2) is 0 Å². The van der Waals surface area contributed by atoms with Gasteiger partial charge in [-0.05, 0) is 36.8 Å². The number of nitrogens with one attached hydrogen (secondary N) is 1. The highest BCUT2D eigenvalue weighted by Gasteiger charge is 2.26. The van der Waals surface area contributed by atoms with Crippen LogP contribution < -0.4 is 11.1 Å². The van der Waals surface area contributed by atoms with E-state index in [1.54, 1.807) is 18.2 Å². The highest BCUT2D eigenvalue weighted by Crippen LogP contribution is 2.39. The predicted molar refractivity (Wildman–Crippen MR) is 132 cm³/mol. The first-order valence-corrected chi connectivity index (χ1v) is 11.3. The van der Waals surface area contributed by atoms with Gasteiger partial charge in [0.05, 0.1) is 45.8 Å². The molecule has 3 heterocycles. The Kier molecular flexibility index (Phi) is 5.50. The highest BCUT2D eigenvalue weighted by atomic mass is 35.5. The summed E-state index contributed by atoms with van der Waals surface area (Å²) in [4.78, 5) is 16.1. The number of pyridine rings is 1. The van der Waals surface area contributed by atoms with E-state index in [9.17, 15) is 9.18 Å². The minimum absolute atomic E-state index is 0.0311. The first kappa shape index (κ1) is 22.6. The van der Waals surface area contributed by atoms with Crippen LogP contribution in [0.3, 0.4) is 0 Å². The van der Waals surface area contributed by atoms with Crippen molar-refractivity contribution in [2.24, 2.45) is 5.73 Å². The van der Waals surface area contributed by atoms with Gasteiger partial charge < -0.3 is 11.1 Å². The van der Waals surface area contributed by atoms with Crippen LogP contribution >= 0.6 is 11.6 Å². The first-order chi connectivity index (χ1) is 16.7. The van der Waals surface area contributed by atoms with E-state index in [1.807, 2.05) is 36.7 Å². The van der Waals surface area contributed by atoms with Gasteiger partial charge in [-0.3, -0.25) is 9.48 Å². The Hall–Kier alpha value is -4.22. The molecule has 9 heteroatoms. The molecular weight excluding hydrogens is 467 g/mol. The number of fused-ring (bicyclic) bond motifs is 2. The molecule has 0 spiro atoms. The zero-order valence-corrected chi connectivity index (χ0v) is 19.7. The van der Waals surface area contributed by atoms with Gasteiger partial charge in [0.2, 0.25) is 0 Å². The molecule has 2 aromatic carbocycles. The van der Waals surface area contributed by atoms with Gasteiger partial charge in [-0.25, -0.2) is 9.37 Å². The van der Waals surface area contributed by atoms with E-state index in [-0.39, 0.29) is 22.2 Å². The number of anilines is 1. The second kappa shape index (κ2) is 8.53. The Balaban J connectivity index is 1.56. The Morgan fingerprint density at radius 3 is 2.71 bits per heavy atom. The van der Waals surface area contributed by atoms with E-state index in [1.165, 1.54) is 12.1 Å². The molecule has 1 amide bonds. The zero-order chi connectivity index (χ0) is 24.9. The SMILES string of the molecule is Cc1c2c(nn1Cc1ccc(C#N)cc1)C(C)C=C(c1cc(C(N)=O)nc3cc(F)c(Cl)cc13)N2. The zero-order valence-electron chi connectivity index (χ0n) is 18.9. The molecule has 1 aliphatic rings. The van der Waals surface area contributed by atoms with E-state index in [2.05, 4.69) is 16.4 Å². The molecule has 0 bridgehead atoms. The lowest BCUT2D eigenvalue weighted by molar-refractivity contribution is 0.0996. The quantitative estimate of drug-likeness (QED) is 0.416. The predicted octanol–water partition coefficient (Wildman–Crippen LogP) is 5.12. The van der Waals surface area contributed by atoms with Gasteiger partial charge in [0.25, 0.3) is 5.91 Å². The summed E-state index contributed by atoms with van der Waals surface area (Å²) < 4.78 is 16.1. The van der Waals surface area contributed by atoms with Crippen LogP contribution in [0.4, 0.5) is 10.1 Å². The number of nitrogens with two attached hydrogens (primary N) is 1. The van der Waals surface area contributed by atoms with Gasteiger partial charge in [0.1, 0.15) is 11.5 Å². The van der Waals surface area contributed by atoms with Gasteiger partial charge in [-0.15, -0.1) is 0 Å². The third-order valence-electron chi connectivity index (χ3n) is 6.15. The topological polar surface area (TPSA) is 110 Å². The number of nitrogens with zero attached hydrogens (tertiary/aromatic N) is 4. The van der Waals surface area contributed by atoms with Gasteiger partial charge >= 0.3 is 0 Å². The van der Waals surface area contributed by atoms with Crippen LogP contribution in [-0.2, 0) is 6.54 Å². The Bertz CT molecular complexity index is 1580. The standard InChI is InChI=1S/C26H20ClFN6O/c1-13-7-21(18-9-23(26(30)35)31-22-10-20(28)19(27)8-17(18)22)32-25-14(2)34(33-24(13)25)12-16-5-3-15(11-29)4-6-16/h3-10,13,32H,12H2,1-2H3,(H2,30,35). The van der Waals surface area contributed by atoms with Crippen LogP contribution in [0, 0.1) is 24.1 Å². The van der Waals surface area contributed by atoms with Crippen LogP contribution in [0.5, 0.6) is 0 Å². The maximum atomic E-state index is 14.1. The molecule has 1 aliphatic heterocycles. The second-order valence-electron chi connectivity index (χ2n) is 8.51. The summed E-state index contributed by atoms with van der Waals surface area (Å²) in [6, 6.07) is 13.8. The van der Waals surface area contributed by atoms with E-state index < -0.39 is 11.7 Å². The summed E-state index contributed by atoms with van der Waals surface area (Å²) in [6.45, 7) is 4.56. The van der Waals surface area contributed by atoms with E-state index in [0.29, 0.717) is 23.1 Å². The number of rotatable bonds is 4. The molecule has 1 atom stereocenters. The summed E-state index contributed by atoms with van der Waals surface area (Å²) >= 11 is 6.07. The van der Waals surface area contributed by atoms with Crippen molar-refractivity contribution < 1.29 is 9.18 Å². The average Bonchev–Trinajstić information content (AvgIpc) is 3.15. The minimum Gasteiger partial charge on any atom is -0.364 e. The number of hydrogen-bond donors (Lipinski definition) is 2. The molecule has 2 aromatic heterocycles.